The minimum atomic E-state index is -0.406. The summed E-state index contributed by atoms with van der Waals surface area (Å²) in [6, 6.07) is 6.56. The molecule has 0 aliphatic carbocycles. The minimum Gasteiger partial charge on any atom is -0.327 e. The molecule has 0 radical (unpaired) electrons. The number of non-ortho nitro benzene ring substituents is 1. The van der Waals surface area contributed by atoms with E-state index in [1.54, 1.807) is 23.5 Å². The second-order valence-electron chi connectivity index (χ2n) is 4.30. The van der Waals surface area contributed by atoms with Crippen LogP contribution in [0.25, 0.3) is 11.3 Å². The lowest BCUT2D eigenvalue weighted by Crippen LogP contribution is -2.21. The summed E-state index contributed by atoms with van der Waals surface area (Å²) in [7, 11) is 0. The highest BCUT2D eigenvalue weighted by Gasteiger charge is 2.09. The average molecular weight is 277 g/mol. The van der Waals surface area contributed by atoms with Crippen molar-refractivity contribution in [3.8, 4) is 11.3 Å². The van der Waals surface area contributed by atoms with E-state index in [-0.39, 0.29) is 11.7 Å². The summed E-state index contributed by atoms with van der Waals surface area (Å²) < 4.78 is 0. The molecule has 0 fully saturated rings. The molecule has 5 nitrogen and oxygen atoms in total. The molecule has 0 saturated carbocycles. The van der Waals surface area contributed by atoms with E-state index in [1.165, 1.54) is 12.1 Å². The first-order chi connectivity index (χ1) is 9.10. The van der Waals surface area contributed by atoms with E-state index >= 15 is 0 Å². The molecule has 0 saturated heterocycles. The first-order valence-electron chi connectivity index (χ1n) is 6.05. The van der Waals surface area contributed by atoms with Crippen molar-refractivity contribution in [3.63, 3.8) is 0 Å². The van der Waals surface area contributed by atoms with Crippen molar-refractivity contribution in [2.75, 3.05) is 0 Å². The SMILES string of the molecule is CCC(N)Cc1nc(-c2ccc([N+](=O)[O-])cc2)cs1. The Bertz CT molecular complexity index is 566. The van der Waals surface area contributed by atoms with Gasteiger partial charge in [0.15, 0.2) is 0 Å². The zero-order valence-corrected chi connectivity index (χ0v) is 11.4. The largest absolute Gasteiger partial charge is 0.327 e. The maximum Gasteiger partial charge on any atom is 0.269 e. The third kappa shape index (κ3) is 3.36. The van der Waals surface area contributed by atoms with Crippen molar-refractivity contribution in [1.82, 2.24) is 4.98 Å². The van der Waals surface area contributed by atoms with Crippen molar-refractivity contribution in [1.29, 1.82) is 0 Å². The molecule has 2 aromatic rings. The fourth-order valence-electron chi connectivity index (χ4n) is 1.66. The van der Waals surface area contributed by atoms with E-state index in [1.807, 2.05) is 5.38 Å². The van der Waals surface area contributed by atoms with Gasteiger partial charge in [-0.1, -0.05) is 6.92 Å². The summed E-state index contributed by atoms with van der Waals surface area (Å²) >= 11 is 1.57. The highest BCUT2D eigenvalue weighted by atomic mass is 32.1. The Morgan fingerprint density at radius 3 is 2.68 bits per heavy atom. The van der Waals surface area contributed by atoms with Gasteiger partial charge in [-0.2, -0.15) is 0 Å². The van der Waals surface area contributed by atoms with Crippen LogP contribution in [0.4, 0.5) is 5.69 Å². The van der Waals surface area contributed by atoms with Crippen LogP contribution in [0.15, 0.2) is 29.6 Å². The molecule has 0 aliphatic heterocycles. The van der Waals surface area contributed by atoms with Gasteiger partial charge in [-0.05, 0) is 18.6 Å². The van der Waals surface area contributed by atoms with E-state index in [0.717, 1.165) is 29.1 Å². The summed E-state index contributed by atoms with van der Waals surface area (Å²) in [5.74, 6) is 0. The maximum absolute atomic E-state index is 10.6. The zero-order chi connectivity index (χ0) is 13.8. The van der Waals surface area contributed by atoms with Crippen LogP contribution in [0.3, 0.4) is 0 Å². The third-order valence-corrected chi connectivity index (χ3v) is 3.76. The summed E-state index contributed by atoms with van der Waals surface area (Å²) in [5, 5.41) is 13.5. The second kappa shape index (κ2) is 5.90. The lowest BCUT2D eigenvalue weighted by atomic mass is 10.1. The van der Waals surface area contributed by atoms with Crippen LogP contribution in [0, 0.1) is 10.1 Å². The molecular weight excluding hydrogens is 262 g/mol. The van der Waals surface area contributed by atoms with Gasteiger partial charge in [0.2, 0.25) is 0 Å². The van der Waals surface area contributed by atoms with Gasteiger partial charge in [-0.15, -0.1) is 11.3 Å². The monoisotopic (exact) mass is 277 g/mol. The number of nitro groups is 1. The van der Waals surface area contributed by atoms with E-state index in [4.69, 9.17) is 5.73 Å². The highest BCUT2D eigenvalue weighted by Crippen LogP contribution is 2.24. The molecule has 0 bridgehead atoms. The molecule has 2 N–H and O–H groups in total. The van der Waals surface area contributed by atoms with E-state index in [9.17, 15) is 10.1 Å². The predicted octanol–water partition coefficient (Wildman–Crippen LogP) is 3.00. The number of benzene rings is 1. The smallest absolute Gasteiger partial charge is 0.269 e. The van der Waals surface area contributed by atoms with Crippen LogP contribution in [0.5, 0.6) is 0 Å². The number of hydrogen-bond donors (Lipinski definition) is 1. The number of nitrogens with two attached hydrogens (primary N) is 1. The van der Waals surface area contributed by atoms with Gasteiger partial charge in [0.25, 0.3) is 5.69 Å². The lowest BCUT2D eigenvalue weighted by molar-refractivity contribution is -0.384. The van der Waals surface area contributed by atoms with E-state index in [2.05, 4.69) is 11.9 Å². The molecule has 1 heterocycles. The molecule has 1 aromatic heterocycles. The molecule has 100 valence electrons. The Hall–Kier alpha value is -1.79. The predicted molar refractivity (Wildman–Crippen MR) is 76.2 cm³/mol. The van der Waals surface area contributed by atoms with Crippen LogP contribution >= 0.6 is 11.3 Å². The van der Waals surface area contributed by atoms with Crippen LogP contribution < -0.4 is 5.73 Å². The first-order valence-corrected chi connectivity index (χ1v) is 6.93. The number of hydrogen-bond acceptors (Lipinski definition) is 5. The van der Waals surface area contributed by atoms with Gasteiger partial charge in [0.1, 0.15) is 0 Å². The Balaban J connectivity index is 2.16. The van der Waals surface area contributed by atoms with Crippen molar-refractivity contribution in [2.24, 2.45) is 5.73 Å². The summed E-state index contributed by atoms with van der Waals surface area (Å²) in [5.41, 5.74) is 7.72. The van der Waals surface area contributed by atoms with Gasteiger partial charge in [-0.25, -0.2) is 4.98 Å². The summed E-state index contributed by atoms with van der Waals surface area (Å²) in [4.78, 5) is 14.7. The van der Waals surface area contributed by atoms with Crippen LogP contribution in [0.1, 0.15) is 18.4 Å². The Morgan fingerprint density at radius 1 is 1.42 bits per heavy atom. The summed E-state index contributed by atoms with van der Waals surface area (Å²) in [6.45, 7) is 2.05. The topological polar surface area (TPSA) is 82.0 Å². The number of nitro benzene ring substituents is 1. The molecule has 0 amide bonds. The summed E-state index contributed by atoms with van der Waals surface area (Å²) in [6.07, 6.45) is 1.70. The Kier molecular flexibility index (Phi) is 4.24. The van der Waals surface area contributed by atoms with E-state index in [0.29, 0.717) is 0 Å². The molecule has 1 atom stereocenters. The maximum atomic E-state index is 10.6. The normalized spacial score (nSPS) is 12.3. The van der Waals surface area contributed by atoms with E-state index < -0.39 is 4.92 Å². The van der Waals surface area contributed by atoms with Gasteiger partial charge >= 0.3 is 0 Å². The number of thiazole rings is 1. The molecule has 1 unspecified atom stereocenters. The third-order valence-electron chi connectivity index (χ3n) is 2.89. The van der Waals surface area contributed by atoms with Gasteiger partial charge in [0, 0.05) is 35.5 Å². The zero-order valence-electron chi connectivity index (χ0n) is 10.6. The average Bonchev–Trinajstić information content (AvgIpc) is 2.87. The molecular formula is C13H15N3O2S. The Morgan fingerprint density at radius 2 is 2.11 bits per heavy atom. The quantitative estimate of drug-likeness (QED) is 0.672. The number of rotatable bonds is 5. The van der Waals surface area contributed by atoms with Crippen molar-refractivity contribution < 1.29 is 4.92 Å². The molecule has 0 aliphatic rings. The Labute approximate surface area is 115 Å². The van der Waals surface area contributed by atoms with Gasteiger partial charge in [-0.3, -0.25) is 10.1 Å². The fourth-order valence-corrected chi connectivity index (χ4v) is 2.56. The number of aromatic nitrogens is 1. The fraction of sp³-hybridized carbons (Fsp3) is 0.308. The second-order valence-corrected chi connectivity index (χ2v) is 5.25. The van der Waals surface area contributed by atoms with Gasteiger partial charge in [0.05, 0.1) is 15.6 Å². The molecule has 1 aromatic carbocycles. The van der Waals surface area contributed by atoms with Gasteiger partial charge < -0.3 is 5.73 Å². The highest BCUT2D eigenvalue weighted by molar-refractivity contribution is 7.09. The molecule has 19 heavy (non-hydrogen) atoms. The standard InChI is InChI=1S/C13H15N3O2S/c1-2-10(14)7-13-15-12(8-19-13)9-3-5-11(6-4-9)16(17)18/h3-6,8,10H,2,7,14H2,1H3. The van der Waals surface area contributed by atoms with Crippen LogP contribution in [0.2, 0.25) is 0 Å². The molecule has 2 rings (SSSR count). The minimum absolute atomic E-state index is 0.0900. The van der Waals surface area contributed by atoms with Crippen molar-refractivity contribution >= 4 is 17.0 Å². The molecule has 6 heteroatoms. The van der Waals surface area contributed by atoms with Crippen molar-refractivity contribution in [3.05, 3.63) is 44.8 Å². The lowest BCUT2D eigenvalue weighted by Gasteiger charge is -2.04. The van der Waals surface area contributed by atoms with Crippen LogP contribution in [-0.2, 0) is 6.42 Å². The van der Waals surface area contributed by atoms with Crippen LogP contribution in [-0.4, -0.2) is 15.9 Å². The molecule has 0 spiro atoms. The van der Waals surface area contributed by atoms with Crippen molar-refractivity contribution in [2.45, 2.75) is 25.8 Å². The number of nitrogens with zero attached hydrogens (tertiary/aromatic N) is 2. The first kappa shape index (κ1) is 13.6.